The van der Waals surface area contributed by atoms with Crippen LogP contribution in [-0.2, 0) is 17.5 Å². The highest BCUT2D eigenvalue weighted by Crippen LogP contribution is 2.59. The Morgan fingerprint density at radius 2 is 1.74 bits per heavy atom. The molecule has 5 rings (SSSR count). The van der Waals surface area contributed by atoms with Crippen molar-refractivity contribution >= 4 is 22.8 Å². The molecule has 182 valence electrons. The Bertz CT molecular complexity index is 1360. The molecular weight excluding hydrogens is 461 g/mol. The minimum Gasteiger partial charge on any atom is -0.451 e. The molecule has 9 heteroatoms. The normalized spacial score (nSPS) is 19.1. The molecular formula is C26H23F3N2O4. The highest BCUT2D eigenvalue weighted by atomic mass is 19.4. The van der Waals surface area contributed by atoms with Crippen LogP contribution in [0.5, 0.6) is 0 Å². The molecule has 2 aliphatic rings. The molecule has 2 heterocycles. The third-order valence-corrected chi connectivity index (χ3v) is 7.17. The van der Waals surface area contributed by atoms with Crippen molar-refractivity contribution in [2.75, 3.05) is 13.1 Å². The molecule has 2 aromatic carbocycles. The summed E-state index contributed by atoms with van der Waals surface area (Å²) in [6.07, 6.45) is -2.62. The van der Waals surface area contributed by atoms with Crippen LogP contribution in [0.2, 0.25) is 0 Å². The quantitative estimate of drug-likeness (QED) is 0.597. The molecule has 1 aliphatic heterocycles. The average Bonchev–Trinajstić information content (AvgIpc) is 3.55. The van der Waals surface area contributed by atoms with Crippen LogP contribution < -0.4 is 10.7 Å². The number of halogens is 3. The fourth-order valence-electron chi connectivity index (χ4n) is 5.05. The molecule has 35 heavy (non-hydrogen) atoms. The number of likely N-dealkylation sites (tertiary alicyclic amines) is 1. The Labute approximate surface area is 198 Å². The summed E-state index contributed by atoms with van der Waals surface area (Å²) in [7, 11) is 0. The Morgan fingerprint density at radius 1 is 1.06 bits per heavy atom. The number of piperidine rings is 1. The van der Waals surface area contributed by atoms with Gasteiger partial charge in [-0.15, -0.1) is 0 Å². The summed E-state index contributed by atoms with van der Waals surface area (Å²) >= 11 is 0. The van der Waals surface area contributed by atoms with Crippen LogP contribution in [0.1, 0.15) is 40.9 Å². The number of rotatable bonds is 4. The van der Waals surface area contributed by atoms with Crippen molar-refractivity contribution in [1.29, 1.82) is 0 Å². The van der Waals surface area contributed by atoms with Gasteiger partial charge in [0.05, 0.1) is 10.9 Å². The van der Waals surface area contributed by atoms with E-state index in [1.54, 1.807) is 29.2 Å². The van der Waals surface area contributed by atoms with Gasteiger partial charge >= 0.3 is 6.18 Å². The summed E-state index contributed by atoms with van der Waals surface area (Å²) in [5.41, 5.74) is -0.898. The second-order valence-corrected chi connectivity index (χ2v) is 9.26. The Morgan fingerprint density at radius 3 is 2.49 bits per heavy atom. The molecule has 1 saturated heterocycles. The summed E-state index contributed by atoms with van der Waals surface area (Å²) in [6, 6.07) is 13.1. The van der Waals surface area contributed by atoms with Crippen molar-refractivity contribution in [3.05, 3.63) is 81.7 Å². The molecule has 0 radical (unpaired) electrons. The van der Waals surface area contributed by atoms with Gasteiger partial charge in [0, 0.05) is 31.6 Å². The van der Waals surface area contributed by atoms with E-state index in [-0.39, 0.29) is 46.4 Å². The maximum atomic E-state index is 13.2. The monoisotopic (exact) mass is 484 g/mol. The van der Waals surface area contributed by atoms with E-state index in [0.29, 0.717) is 43.3 Å². The van der Waals surface area contributed by atoms with Crippen molar-refractivity contribution in [3.8, 4) is 0 Å². The molecule has 1 N–H and O–H groups in total. The predicted molar refractivity (Wildman–Crippen MR) is 121 cm³/mol. The number of fused-ring (bicyclic) bond motifs is 1. The van der Waals surface area contributed by atoms with Crippen molar-refractivity contribution in [3.63, 3.8) is 0 Å². The summed E-state index contributed by atoms with van der Waals surface area (Å²) in [4.78, 5) is 39.6. The molecule has 1 spiro atoms. The SMILES string of the molecule is O=C(NCc1ccccc1C(F)(F)F)[C@H]1CC12CCN(C(=O)c1cc(=O)c3ccccc3o1)CC2. The van der Waals surface area contributed by atoms with Crippen LogP contribution in [0.3, 0.4) is 0 Å². The van der Waals surface area contributed by atoms with E-state index in [0.717, 1.165) is 6.07 Å². The zero-order chi connectivity index (χ0) is 24.8. The van der Waals surface area contributed by atoms with Crippen molar-refractivity contribution in [2.45, 2.75) is 32.0 Å². The first-order valence-corrected chi connectivity index (χ1v) is 11.4. The van der Waals surface area contributed by atoms with Gasteiger partial charge in [-0.3, -0.25) is 14.4 Å². The molecule has 1 saturated carbocycles. The number of hydrogen-bond donors (Lipinski definition) is 1. The Kier molecular flexibility index (Phi) is 5.65. The van der Waals surface area contributed by atoms with Crippen molar-refractivity contribution in [1.82, 2.24) is 10.2 Å². The number of benzene rings is 2. The van der Waals surface area contributed by atoms with Crippen molar-refractivity contribution in [2.24, 2.45) is 11.3 Å². The molecule has 2 amide bonds. The third-order valence-electron chi connectivity index (χ3n) is 7.17. The summed E-state index contributed by atoms with van der Waals surface area (Å²) < 4.78 is 45.2. The van der Waals surface area contributed by atoms with Gasteiger partial charge in [0.25, 0.3) is 5.91 Å². The zero-order valence-corrected chi connectivity index (χ0v) is 18.7. The maximum Gasteiger partial charge on any atom is 0.416 e. The molecule has 2 fully saturated rings. The fraction of sp³-hybridized carbons (Fsp3) is 0.346. The number of alkyl halides is 3. The van der Waals surface area contributed by atoms with E-state index in [2.05, 4.69) is 5.32 Å². The van der Waals surface area contributed by atoms with Crippen molar-refractivity contribution < 1.29 is 27.2 Å². The number of amides is 2. The summed E-state index contributed by atoms with van der Waals surface area (Å²) in [6.45, 7) is 0.638. The van der Waals surface area contributed by atoms with E-state index in [9.17, 15) is 27.6 Å². The number of carbonyl (C=O) groups excluding carboxylic acids is 2. The second-order valence-electron chi connectivity index (χ2n) is 9.26. The number of carbonyl (C=O) groups is 2. The molecule has 6 nitrogen and oxygen atoms in total. The predicted octanol–water partition coefficient (Wildman–Crippen LogP) is 4.37. The van der Waals surface area contributed by atoms with Gasteiger partial charge in [0.1, 0.15) is 5.58 Å². The lowest BCUT2D eigenvalue weighted by Crippen LogP contribution is -2.40. The summed E-state index contributed by atoms with van der Waals surface area (Å²) in [5.74, 6) is -0.926. The first kappa shape index (κ1) is 23.1. The van der Waals surface area contributed by atoms with Crippen LogP contribution in [-0.4, -0.2) is 29.8 Å². The molecule has 3 aromatic rings. The number of nitrogens with one attached hydrogen (secondary N) is 1. The molecule has 1 aliphatic carbocycles. The van der Waals surface area contributed by atoms with Gasteiger partial charge in [0.15, 0.2) is 11.2 Å². The first-order valence-electron chi connectivity index (χ1n) is 11.4. The van der Waals surface area contributed by atoms with E-state index in [1.165, 1.54) is 24.3 Å². The lowest BCUT2D eigenvalue weighted by molar-refractivity contribution is -0.138. The van der Waals surface area contributed by atoms with Crippen LogP contribution in [0.4, 0.5) is 13.2 Å². The molecule has 1 aromatic heterocycles. The highest BCUT2D eigenvalue weighted by Gasteiger charge is 2.58. The topological polar surface area (TPSA) is 79.6 Å². The summed E-state index contributed by atoms with van der Waals surface area (Å²) in [5, 5.41) is 3.07. The van der Waals surface area contributed by atoms with E-state index in [4.69, 9.17) is 4.42 Å². The molecule has 0 unspecified atom stereocenters. The van der Waals surface area contributed by atoms with Gasteiger partial charge < -0.3 is 14.6 Å². The van der Waals surface area contributed by atoms with E-state index >= 15 is 0 Å². The van der Waals surface area contributed by atoms with E-state index < -0.39 is 11.7 Å². The largest absolute Gasteiger partial charge is 0.451 e. The van der Waals surface area contributed by atoms with E-state index in [1.807, 2.05) is 0 Å². The third kappa shape index (κ3) is 4.42. The number of para-hydroxylation sites is 1. The van der Waals surface area contributed by atoms with Gasteiger partial charge in [-0.25, -0.2) is 0 Å². The first-order chi connectivity index (χ1) is 16.7. The zero-order valence-electron chi connectivity index (χ0n) is 18.7. The van der Waals surface area contributed by atoms with Gasteiger partial charge in [-0.1, -0.05) is 30.3 Å². The van der Waals surface area contributed by atoms with Gasteiger partial charge in [0.2, 0.25) is 5.91 Å². The standard InChI is InChI=1S/C26H23F3N2O4/c27-26(28,29)18-7-3-1-5-16(18)15-30-23(33)19-14-25(19)9-11-31(12-10-25)24(34)22-13-20(32)17-6-2-4-8-21(17)35-22/h1-8,13,19H,9-12,14-15H2,(H,30,33)/t19-/m1/s1. The van der Waals surface area contributed by atoms with Crippen LogP contribution >= 0.6 is 0 Å². The molecule has 1 atom stereocenters. The van der Waals surface area contributed by atoms with Gasteiger partial charge in [-0.2, -0.15) is 13.2 Å². The average molecular weight is 484 g/mol. The second kappa shape index (κ2) is 8.55. The maximum absolute atomic E-state index is 13.2. The minimum atomic E-state index is -4.48. The lowest BCUT2D eigenvalue weighted by Gasteiger charge is -2.32. The van der Waals surface area contributed by atoms with Crippen LogP contribution in [0, 0.1) is 11.3 Å². The van der Waals surface area contributed by atoms with Crippen LogP contribution in [0.25, 0.3) is 11.0 Å². The smallest absolute Gasteiger partial charge is 0.416 e. The number of hydrogen-bond acceptors (Lipinski definition) is 4. The lowest BCUT2D eigenvalue weighted by atomic mass is 9.90. The van der Waals surface area contributed by atoms with Gasteiger partial charge in [-0.05, 0) is 48.4 Å². The van der Waals surface area contributed by atoms with Crippen LogP contribution in [0.15, 0.2) is 63.8 Å². The minimum absolute atomic E-state index is 0.0157. The molecule has 0 bridgehead atoms. The fourth-order valence-corrected chi connectivity index (χ4v) is 5.05. The Balaban J connectivity index is 1.19. The Hall–Kier alpha value is -3.62. The highest BCUT2D eigenvalue weighted by molar-refractivity contribution is 5.93. The number of nitrogens with zero attached hydrogens (tertiary/aromatic N) is 1.